The zero-order valence-electron chi connectivity index (χ0n) is 21.8. The normalized spacial score (nSPS) is 21.7. The summed E-state index contributed by atoms with van der Waals surface area (Å²) in [6.07, 6.45) is 13.1. The third-order valence-electron chi connectivity index (χ3n) is 8.33. The standard InChI is InChI=1S/C30H30FN3O5/c1-17-6-3-2-4-12-33(17)28(35)23-16-24(18-7-5-8-18)34-13-11-19(15-25(34)32-23)21-10-9-20-14-22(29(36)37)30(38)39-27(20)26(21)31/h9-11,14-18H,2-8,12-13H2,1H3,(H,36,37)/t17-/m1/s1. The molecule has 9 heteroatoms. The molecule has 1 N–H and O–H groups in total. The minimum Gasteiger partial charge on any atom is -0.477 e. The van der Waals surface area contributed by atoms with Crippen LogP contribution in [0.25, 0.3) is 16.5 Å². The lowest BCUT2D eigenvalue weighted by molar-refractivity contribution is -0.125. The molecule has 2 fully saturated rings. The molecule has 0 spiro atoms. The van der Waals surface area contributed by atoms with E-state index in [0.29, 0.717) is 29.6 Å². The summed E-state index contributed by atoms with van der Waals surface area (Å²) in [5.74, 6) is -1.29. The second-order valence-corrected chi connectivity index (χ2v) is 10.8. The number of allylic oxidation sites excluding steroid dienone is 3. The number of hydrogen-bond acceptors (Lipinski definition) is 6. The average molecular weight is 532 g/mol. The molecule has 39 heavy (non-hydrogen) atoms. The smallest absolute Gasteiger partial charge is 0.351 e. The van der Waals surface area contributed by atoms with Crippen LogP contribution < -0.4 is 5.63 Å². The molecule has 1 amide bonds. The van der Waals surface area contributed by atoms with E-state index in [1.807, 2.05) is 17.1 Å². The molecule has 4 aliphatic rings. The van der Waals surface area contributed by atoms with Gasteiger partial charge in [-0.05, 0) is 62.3 Å². The van der Waals surface area contributed by atoms with E-state index in [4.69, 9.17) is 9.41 Å². The molecule has 0 radical (unpaired) electrons. The van der Waals surface area contributed by atoms with Crippen LogP contribution in [0.15, 0.2) is 62.1 Å². The van der Waals surface area contributed by atoms with Gasteiger partial charge < -0.3 is 19.3 Å². The quantitative estimate of drug-likeness (QED) is 0.551. The van der Waals surface area contributed by atoms with Crippen molar-refractivity contribution < 1.29 is 23.5 Å². The van der Waals surface area contributed by atoms with Crippen LogP contribution in [0.3, 0.4) is 0 Å². The average Bonchev–Trinajstić information content (AvgIpc) is 3.11. The largest absolute Gasteiger partial charge is 0.477 e. The number of hydrogen-bond donors (Lipinski definition) is 1. The van der Waals surface area contributed by atoms with Gasteiger partial charge in [0.25, 0.3) is 5.91 Å². The van der Waals surface area contributed by atoms with Gasteiger partial charge in [0.2, 0.25) is 0 Å². The molecule has 1 atom stereocenters. The van der Waals surface area contributed by atoms with Crippen molar-refractivity contribution in [3.8, 4) is 0 Å². The monoisotopic (exact) mass is 531 g/mol. The number of carbonyl (C=O) groups excluding carboxylic acids is 1. The highest BCUT2D eigenvalue weighted by atomic mass is 19.1. The van der Waals surface area contributed by atoms with Gasteiger partial charge in [-0.3, -0.25) is 4.79 Å². The van der Waals surface area contributed by atoms with E-state index >= 15 is 4.39 Å². The minimum atomic E-state index is -1.43. The summed E-state index contributed by atoms with van der Waals surface area (Å²) in [4.78, 5) is 45.9. The summed E-state index contributed by atoms with van der Waals surface area (Å²) in [6.45, 7) is 3.28. The Morgan fingerprint density at radius 3 is 2.67 bits per heavy atom. The van der Waals surface area contributed by atoms with Crippen LogP contribution in [0.4, 0.5) is 4.39 Å². The highest BCUT2D eigenvalue weighted by Crippen LogP contribution is 2.40. The predicted octanol–water partition coefficient (Wildman–Crippen LogP) is 5.10. The molecule has 6 rings (SSSR count). The van der Waals surface area contributed by atoms with Gasteiger partial charge in [0.15, 0.2) is 11.4 Å². The summed E-state index contributed by atoms with van der Waals surface area (Å²) in [5.41, 5.74) is 0.315. The Kier molecular flexibility index (Phi) is 6.45. The Hall–Kier alpha value is -4.01. The number of benzene rings is 1. The van der Waals surface area contributed by atoms with Crippen LogP contribution in [0.1, 0.15) is 67.8 Å². The first kappa shape index (κ1) is 25.3. The minimum absolute atomic E-state index is 0.0641. The van der Waals surface area contributed by atoms with Crippen molar-refractivity contribution in [2.24, 2.45) is 10.9 Å². The lowest BCUT2D eigenvalue weighted by Crippen LogP contribution is -2.44. The van der Waals surface area contributed by atoms with Crippen molar-refractivity contribution in [2.75, 3.05) is 13.1 Å². The van der Waals surface area contributed by atoms with Crippen molar-refractivity contribution in [2.45, 2.75) is 57.9 Å². The van der Waals surface area contributed by atoms with Crippen LogP contribution in [0, 0.1) is 11.7 Å². The molecule has 1 saturated carbocycles. The molecule has 202 valence electrons. The first-order valence-electron chi connectivity index (χ1n) is 13.6. The zero-order valence-corrected chi connectivity index (χ0v) is 21.8. The van der Waals surface area contributed by atoms with Gasteiger partial charge in [-0.2, -0.15) is 0 Å². The number of carbonyl (C=O) groups is 2. The number of fused-ring (bicyclic) bond motifs is 2. The molecule has 0 unspecified atom stereocenters. The summed E-state index contributed by atoms with van der Waals surface area (Å²) < 4.78 is 20.7. The first-order chi connectivity index (χ1) is 18.8. The topological polar surface area (TPSA) is 103 Å². The maximum absolute atomic E-state index is 15.6. The molecule has 1 aromatic carbocycles. The number of carboxylic acids is 1. The van der Waals surface area contributed by atoms with E-state index in [1.165, 1.54) is 6.07 Å². The van der Waals surface area contributed by atoms with Crippen LogP contribution in [-0.2, 0) is 4.79 Å². The number of amides is 1. The molecule has 4 heterocycles. The maximum atomic E-state index is 15.6. The van der Waals surface area contributed by atoms with E-state index < -0.39 is 23.0 Å². The number of halogens is 1. The Balaban J connectivity index is 1.38. The van der Waals surface area contributed by atoms with Crippen molar-refractivity contribution in [1.29, 1.82) is 0 Å². The second kappa shape index (κ2) is 9.94. The Morgan fingerprint density at radius 2 is 1.92 bits per heavy atom. The maximum Gasteiger partial charge on any atom is 0.351 e. The van der Waals surface area contributed by atoms with Crippen molar-refractivity contribution >= 4 is 34.1 Å². The number of likely N-dealkylation sites (tertiary alicyclic amines) is 1. The van der Waals surface area contributed by atoms with E-state index in [9.17, 15) is 19.5 Å². The summed E-state index contributed by atoms with van der Waals surface area (Å²) in [7, 11) is 0. The fourth-order valence-corrected chi connectivity index (χ4v) is 5.85. The number of nitrogens with zero attached hydrogens (tertiary/aromatic N) is 3. The summed E-state index contributed by atoms with van der Waals surface area (Å²) >= 11 is 0. The van der Waals surface area contributed by atoms with E-state index in [2.05, 4.69) is 11.8 Å². The number of rotatable bonds is 4. The zero-order chi connectivity index (χ0) is 27.3. The predicted molar refractivity (Wildman–Crippen MR) is 145 cm³/mol. The molecular weight excluding hydrogens is 501 g/mol. The molecule has 1 aliphatic carbocycles. The van der Waals surface area contributed by atoms with E-state index in [0.717, 1.165) is 63.3 Å². The lowest BCUT2D eigenvalue weighted by Gasteiger charge is -2.40. The highest BCUT2D eigenvalue weighted by Gasteiger charge is 2.35. The molecular formula is C30H30FN3O5. The van der Waals surface area contributed by atoms with Gasteiger partial charge in [-0.15, -0.1) is 0 Å². The molecule has 3 aliphatic heterocycles. The van der Waals surface area contributed by atoms with Gasteiger partial charge in [0.05, 0.1) is 0 Å². The molecule has 1 aromatic heterocycles. The second-order valence-electron chi connectivity index (χ2n) is 10.8. The Labute approximate surface area is 224 Å². The van der Waals surface area contributed by atoms with Crippen LogP contribution in [-0.4, -0.2) is 51.6 Å². The van der Waals surface area contributed by atoms with Gasteiger partial charge in [-0.25, -0.2) is 19.0 Å². The number of carboxylic acid groups (broad SMARTS) is 1. The van der Waals surface area contributed by atoms with Crippen LogP contribution >= 0.6 is 0 Å². The van der Waals surface area contributed by atoms with Crippen molar-refractivity contribution in [3.63, 3.8) is 0 Å². The Bertz CT molecular complexity index is 1560. The van der Waals surface area contributed by atoms with E-state index in [1.54, 1.807) is 12.1 Å². The third-order valence-corrected chi connectivity index (χ3v) is 8.33. The van der Waals surface area contributed by atoms with Crippen molar-refractivity contribution in [1.82, 2.24) is 9.80 Å². The first-order valence-corrected chi connectivity index (χ1v) is 13.6. The molecule has 8 nitrogen and oxygen atoms in total. The highest BCUT2D eigenvalue weighted by molar-refractivity contribution is 6.43. The fraction of sp³-hybridized carbons (Fsp3) is 0.400. The molecule has 1 saturated heterocycles. The number of aromatic carboxylic acids is 1. The molecule has 0 bridgehead atoms. The lowest BCUT2D eigenvalue weighted by atomic mass is 9.81. The number of aliphatic imine (C=N–C) groups is 1. The van der Waals surface area contributed by atoms with Crippen LogP contribution in [0.2, 0.25) is 0 Å². The van der Waals surface area contributed by atoms with Gasteiger partial charge >= 0.3 is 11.6 Å². The van der Waals surface area contributed by atoms with Gasteiger partial charge in [-0.1, -0.05) is 37.5 Å². The molecule has 2 aromatic rings. The van der Waals surface area contributed by atoms with Gasteiger partial charge in [0.1, 0.15) is 17.1 Å². The van der Waals surface area contributed by atoms with Crippen LogP contribution in [0.5, 0.6) is 0 Å². The summed E-state index contributed by atoms with van der Waals surface area (Å²) in [6, 6.07) is 4.35. The van der Waals surface area contributed by atoms with E-state index in [-0.39, 0.29) is 28.5 Å². The SMILES string of the molecule is C[C@@H]1CCCCCN1C(=O)C1=NC2=CC(c3ccc4cc(C(=O)O)c(=O)oc4c3F)=CCN2C(C2CCC2)=C1. The van der Waals surface area contributed by atoms with Crippen molar-refractivity contribution in [3.05, 3.63) is 75.3 Å². The van der Waals surface area contributed by atoms with Gasteiger partial charge in [0, 0.05) is 35.8 Å². The Morgan fingerprint density at radius 1 is 1.10 bits per heavy atom. The summed E-state index contributed by atoms with van der Waals surface area (Å²) in [5, 5.41) is 9.38. The third kappa shape index (κ3) is 4.49. The fourth-order valence-electron chi connectivity index (χ4n) is 5.85.